The SMILES string of the molecule is C=C.OB(O)O.OB(O)O.OB(O)O.OB(O)O. The van der Waals surface area contributed by atoms with E-state index in [0.29, 0.717) is 0 Å². The van der Waals surface area contributed by atoms with Gasteiger partial charge in [-0.25, -0.2) is 0 Å². The number of hydrogen-bond acceptors (Lipinski definition) is 12. The van der Waals surface area contributed by atoms with E-state index in [2.05, 4.69) is 13.2 Å². The molecule has 0 fully saturated rings. The van der Waals surface area contributed by atoms with Gasteiger partial charge in [0, 0.05) is 0 Å². The highest BCUT2D eigenvalue weighted by Crippen LogP contribution is 1.41. The second-order valence-electron chi connectivity index (χ2n) is 1.39. The van der Waals surface area contributed by atoms with E-state index < -0.39 is 29.3 Å². The van der Waals surface area contributed by atoms with Crippen LogP contribution in [0.5, 0.6) is 0 Å². The Balaban J connectivity index is -0.0000000399. The molecule has 0 unspecified atom stereocenters. The van der Waals surface area contributed by atoms with Crippen LogP contribution in [0.2, 0.25) is 0 Å². The highest BCUT2D eigenvalue weighted by molar-refractivity contribution is 6.31. The van der Waals surface area contributed by atoms with Gasteiger partial charge in [0.15, 0.2) is 0 Å². The zero-order valence-corrected chi connectivity index (χ0v) is 9.09. The van der Waals surface area contributed by atoms with E-state index in [1.807, 2.05) is 0 Å². The van der Waals surface area contributed by atoms with Crippen molar-refractivity contribution in [3.63, 3.8) is 0 Å². The summed E-state index contributed by atoms with van der Waals surface area (Å²) in [5.74, 6) is 0. The summed E-state index contributed by atoms with van der Waals surface area (Å²) < 4.78 is 0. The smallest absolute Gasteiger partial charge is 0.402 e. The Morgan fingerprint density at radius 2 is 0.333 bits per heavy atom. The van der Waals surface area contributed by atoms with Crippen LogP contribution in [0.3, 0.4) is 0 Å². The van der Waals surface area contributed by atoms with Crippen LogP contribution < -0.4 is 0 Å². The molecule has 12 N–H and O–H groups in total. The fourth-order valence-corrected chi connectivity index (χ4v) is 0. The lowest BCUT2D eigenvalue weighted by molar-refractivity contribution is 0.276. The van der Waals surface area contributed by atoms with Crippen LogP contribution in [-0.2, 0) is 0 Å². The molecule has 0 spiro atoms. The fraction of sp³-hybridized carbons (Fsp3) is 0. The van der Waals surface area contributed by atoms with Gasteiger partial charge in [0.25, 0.3) is 0 Å². The molecule has 12 nitrogen and oxygen atoms in total. The Morgan fingerprint density at radius 1 is 0.333 bits per heavy atom. The molecule has 0 aromatic carbocycles. The Morgan fingerprint density at radius 3 is 0.333 bits per heavy atom. The van der Waals surface area contributed by atoms with Crippen LogP contribution in [0.25, 0.3) is 0 Å². The highest BCUT2D eigenvalue weighted by Gasteiger charge is 1.93. The maximum atomic E-state index is 7.17. The zero-order valence-electron chi connectivity index (χ0n) is 9.09. The molecule has 0 aliphatic rings. The molecule has 0 radical (unpaired) electrons. The average molecular weight is 275 g/mol. The fourth-order valence-electron chi connectivity index (χ4n) is 0. The lowest BCUT2D eigenvalue weighted by atomic mass is 10.3. The molecule has 0 aromatic heterocycles. The van der Waals surface area contributed by atoms with E-state index in [1.54, 1.807) is 0 Å². The summed E-state index contributed by atoms with van der Waals surface area (Å²) >= 11 is 0. The van der Waals surface area contributed by atoms with Crippen LogP contribution >= 0.6 is 0 Å². The summed E-state index contributed by atoms with van der Waals surface area (Å²) in [6.45, 7) is 6.00. The molecule has 0 saturated carbocycles. The first-order chi connectivity index (χ1) is 7.93. The van der Waals surface area contributed by atoms with Crippen molar-refractivity contribution >= 4 is 29.3 Å². The van der Waals surface area contributed by atoms with Gasteiger partial charge in [-0.15, -0.1) is 13.2 Å². The summed E-state index contributed by atoms with van der Waals surface area (Å²) in [7, 11) is -8.67. The van der Waals surface area contributed by atoms with Crippen molar-refractivity contribution in [2.45, 2.75) is 0 Å². The third-order valence-electron chi connectivity index (χ3n) is 0. The molecular formula is C2H16B4O12. The lowest BCUT2D eigenvalue weighted by Crippen LogP contribution is -2.07. The molecular weight excluding hydrogens is 259 g/mol. The second-order valence-corrected chi connectivity index (χ2v) is 1.39. The molecule has 16 heteroatoms. The molecule has 0 amide bonds. The van der Waals surface area contributed by atoms with Crippen LogP contribution in [0.1, 0.15) is 0 Å². The van der Waals surface area contributed by atoms with Gasteiger partial charge in [-0.1, -0.05) is 0 Å². The van der Waals surface area contributed by atoms with Crippen LogP contribution in [0.15, 0.2) is 13.2 Å². The first-order valence-electron chi connectivity index (χ1n) is 3.60. The summed E-state index contributed by atoms with van der Waals surface area (Å²) in [6, 6.07) is 0. The number of hydrogen-bond donors (Lipinski definition) is 12. The van der Waals surface area contributed by atoms with E-state index in [4.69, 9.17) is 60.3 Å². The van der Waals surface area contributed by atoms with Crippen molar-refractivity contribution in [1.29, 1.82) is 0 Å². The van der Waals surface area contributed by atoms with Gasteiger partial charge < -0.3 is 60.3 Å². The Bertz CT molecular complexity index is 75.2. The summed E-state index contributed by atoms with van der Waals surface area (Å²) in [5, 5.41) is 86.0. The van der Waals surface area contributed by atoms with Gasteiger partial charge in [0.2, 0.25) is 0 Å². The predicted octanol–water partition coefficient (Wildman–Crippen LogP) is -7.40. The molecule has 0 rings (SSSR count). The minimum atomic E-state index is -2.17. The van der Waals surface area contributed by atoms with E-state index in [9.17, 15) is 0 Å². The quantitative estimate of drug-likeness (QED) is 0.146. The highest BCUT2D eigenvalue weighted by atomic mass is 16.5. The lowest BCUT2D eigenvalue weighted by Gasteiger charge is -1.69. The first kappa shape index (κ1) is 30.5. The minimum absolute atomic E-state index is 2.17. The largest absolute Gasteiger partial charge is 0.631 e. The minimum Gasteiger partial charge on any atom is -0.402 e. The molecule has 0 heterocycles. The van der Waals surface area contributed by atoms with Crippen molar-refractivity contribution in [3.8, 4) is 0 Å². The van der Waals surface area contributed by atoms with Crippen molar-refractivity contribution in [3.05, 3.63) is 13.2 Å². The van der Waals surface area contributed by atoms with Crippen molar-refractivity contribution in [2.75, 3.05) is 0 Å². The summed E-state index contributed by atoms with van der Waals surface area (Å²) in [6.07, 6.45) is 0. The van der Waals surface area contributed by atoms with Gasteiger partial charge in [-0.2, -0.15) is 0 Å². The standard InChI is InChI=1S/C2H4.4BH3O3/c1-2;4*2-1(3)4/h1-2H2;4*2-4H. The maximum Gasteiger partial charge on any atom is 0.631 e. The molecule has 0 aliphatic carbocycles. The Labute approximate surface area is 104 Å². The van der Waals surface area contributed by atoms with Gasteiger partial charge in [-0.3, -0.25) is 0 Å². The molecule has 0 saturated heterocycles. The molecule has 0 aromatic rings. The normalized spacial score (nSPS) is 6.22. The Hall–Kier alpha value is -0.480. The van der Waals surface area contributed by atoms with Crippen LogP contribution in [-0.4, -0.2) is 89.6 Å². The van der Waals surface area contributed by atoms with Crippen molar-refractivity contribution < 1.29 is 60.3 Å². The third-order valence-corrected chi connectivity index (χ3v) is 0. The predicted molar refractivity (Wildman–Crippen MR) is 60.9 cm³/mol. The van der Waals surface area contributed by atoms with Crippen LogP contribution in [0, 0.1) is 0 Å². The average Bonchev–Trinajstić information content (AvgIpc) is 2.01. The van der Waals surface area contributed by atoms with Crippen molar-refractivity contribution in [1.82, 2.24) is 0 Å². The van der Waals surface area contributed by atoms with E-state index in [0.717, 1.165) is 0 Å². The van der Waals surface area contributed by atoms with Gasteiger partial charge >= 0.3 is 29.3 Å². The first-order valence-corrected chi connectivity index (χ1v) is 3.60. The molecule has 0 aliphatic heterocycles. The van der Waals surface area contributed by atoms with Gasteiger partial charge in [-0.05, 0) is 0 Å². The molecule has 18 heavy (non-hydrogen) atoms. The molecule has 0 bridgehead atoms. The molecule has 0 atom stereocenters. The Kier molecular flexibility index (Phi) is 50.8. The van der Waals surface area contributed by atoms with Crippen LogP contribution in [0.4, 0.5) is 0 Å². The number of rotatable bonds is 0. The van der Waals surface area contributed by atoms with Gasteiger partial charge in [0.05, 0.1) is 0 Å². The third kappa shape index (κ3) is 14200. The molecule has 108 valence electrons. The zero-order chi connectivity index (χ0) is 16.3. The second kappa shape index (κ2) is 30.0. The summed E-state index contributed by atoms with van der Waals surface area (Å²) in [4.78, 5) is 0. The summed E-state index contributed by atoms with van der Waals surface area (Å²) in [5.41, 5.74) is 0. The van der Waals surface area contributed by atoms with E-state index in [-0.39, 0.29) is 0 Å². The van der Waals surface area contributed by atoms with E-state index >= 15 is 0 Å². The maximum absolute atomic E-state index is 7.17. The van der Waals surface area contributed by atoms with Crippen molar-refractivity contribution in [2.24, 2.45) is 0 Å². The topological polar surface area (TPSA) is 243 Å². The monoisotopic (exact) mass is 276 g/mol. The van der Waals surface area contributed by atoms with Gasteiger partial charge in [0.1, 0.15) is 0 Å². The van der Waals surface area contributed by atoms with E-state index in [1.165, 1.54) is 0 Å².